The van der Waals surface area contributed by atoms with Crippen LogP contribution in [0.1, 0.15) is 73.7 Å². The van der Waals surface area contributed by atoms with Crippen LogP contribution >= 0.6 is 23.2 Å². The summed E-state index contributed by atoms with van der Waals surface area (Å²) in [6.45, 7) is 2.39. The van der Waals surface area contributed by atoms with Crippen molar-refractivity contribution in [2.75, 3.05) is 6.54 Å². The predicted molar refractivity (Wildman–Crippen MR) is 184 cm³/mol. The summed E-state index contributed by atoms with van der Waals surface area (Å²) in [6, 6.07) is 21.2. The zero-order chi connectivity index (χ0) is 32.9. The van der Waals surface area contributed by atoms with E-state index in [0.717, 1.165) is 42.4 Å². The Morgan fingerprint density at radius 1 is 0.894 bits per heavy atom. The highest BCUT2D eigenvalue weighted by Crippen LogP contribution is 2.54. The van der Waals surface area contributed by atoms with E-state index in [-0.39, 0.29) is 36.0 Å². The Labute approximate surface area is 286 Å². The topological polar surface area (TPSA) is 95.9 Å². The fraction of sp³-hybridized carbons (Fsp3) is 0.432. The predicted octanol–water partition coefficient (Wildman–Crippen LogP) is 7.52. The molecule has 0 aromatic heterocycles. The molecule has 0 bridgehead atoms. The maximum absolute atomic E-state index is 14.8. The molecule has 2 aliphatic heterocycles. The number of nitrogens with one attached hydrogen (secondary N) is 1. The van der Waals surface area contributed by atoms with Crippen LogP contribution in [0.2, 0.25) is 10.0 Å². The first-order valence-electron chi connectivity index (χ1n) is 16.6. The van der Waals surface area contributed by atoms with Crippen LogP contribution < -0.4 is 5.32 Å². The van der Waals surface area contributed by atoms with Gasteiger partial charge in [0.05, 0.1) is 16.2 Å². The van der Waals surface area contributed by atoms with Crippen LogP contribution in [0.3, 0.4) is 0 Å². The highest BCUT2D eigenvalue weighted by molar-refractivity contribution is 7.92. The summed E-state index contributed by atoms with van der Waals surface area (Å²) >= 11 is 12.8. The third kappa shape index (κ3) is 6.13. The highest BCUT2D eigenvalue weighted by Gasteiger charge is 2.55. The Bertz CT molecular complexity index is 1810. The van der Waals surface area contributed by atoms with Gasteiger partial charge < -0.3 is 5.32 Å². The molecule has 4 aliphatic rings. The largest absolute Gasteiger partial charge is 0.356 e. The number of carbonyl (C=O) groups is 2. The quantitative estimate of drug-likeness (QED) is 0.289. The van der Waals surface area contributed by atoms with Gasteiger partial charge in [-0.1, -0.05) is 78.0 Å². The first-order valence-corrected chi connectivity index (χ1v) is 18.9. The number of fused-ring (bicyclic) bond motifs is 1. The van der Waals surface area contributed by atoms with Crippen molar-refractivity contribution in [2.45, 2.75) is 74.1 Å². The number of benzene rings is 3. The van der Waals surface area contributed by atoms with Gasteiger partial charge in [-0.3, -0.25) is 19.5 Å². The zero-order valence-electron chi connectivity index (χ0n) is 26.3. The number of nitrogens with zero attached hydrogens (tertiary/aromatic N) is 2. The Kier molecular flexibility index (Phi) is 8.96. The number of amidine groups is 1. The fourth-order valence-corrected chi connectivity index (χ4v) is 11.0. The van der Waals surface area contributed by atoms with Crippen molar-refractivity contribution in [3.8, 4) is 0 Å². The molecule has 0 radical (unpaired) electrons. The van der Waals surface area contributed by atoms with Gasteiger partial charge >= 0.3 is 0 Å². The minimum atomic E-state index is -3.64. The number of piperidine rings is 1. The average Bonchev–Trinajstić information content (AvgIpc) is 3.65. The van der Waals surface area contributed by atoms with Crippen LogP contribution in [0.5, 0.6) is 0 Å². The van der Waals surface area contributed by atoms with Gasteiger partial charge in [-0.05, 0) is 92.0 Å². The van der Waals surface area contributed by atoms with Crippen molar-refractivity contribution in [3.05, 3.63) is 99.5 Å². The summed E-state index contributed by atoms with van der Waals surface area (Å²) in [6.07, 6.45) is 4.75. The summed E-state index contributed by atoms with van der Waals surface area (Å²) in [5.41, 5.74) is 2.75. The van der Waals surface area contributed by atoms with Gasteiger partial charge in [0.15, 0.2) is 9.84 Å². The lowest BCUT2D eigenvalue weighted by molar-refractivity contribution is -0.138. The fourth-order valence-electron chi connectivity index (χ4n) is 8.52. The highest BCUT2D eigenvalue weighted by atomic mass is 35.5. The molecule has 2 saturated carbocycles. The van der Waals surface area contributed by atoms with Crippen molar-refractivity contribution in [3.63, 3.8) is 0 Å². The van der Waals surface area contributed by atoms with Crippen LogP contribution in [0.15, 0.2) is 82.7 Å². The zero-order valence-corrected chi connectivity index (χ0v) is 28.6. The molecule has 47 heavy (non-hydrogen) atoms. The molecular weight excluding hydrogens is 653 g/mol. The normalized spacial score (nSPS) is 29.3. The molecule has 7 nitrogen and oxygen atoms in total. The molecule has 2 aliphatic carbocycles. The number of carbonyl (C=O) groups excluding carboxylic acids is 2. The third-order valence-corrected chi connectivity index (χ3v) is 13.5. The minimum Gasteiger partial charge on any atom is -0.356 e. The summed E-state index contributed by atoms with van der Waals surface area (Å²) in [5.74, 6) is -0.326. The Hall–Kier alpha value is -3.20. The maximum atomic E-state index is 14.8. The van der Waals surface area contributed by atoms with Gasteiger partial charge in [0.1, 0.15) is 11.9 Å². The molecule has 7 atom stereocenters. The van der Waals surface area contributed by atoms with E-state index in [4.69, 9.17) is 28.2 Å². The van der Waals surface area contributed by atoms with Crippen molar-refractivity contribution in [1.82, 2.24) is 10.2 Å². The van der Waals surface area contributed by atoms with Crippen LogP contribution in [0.4, 0.5) is 0 Å². The Morgan fingerprint density at radius 3 is 2.32 bits per heavy atom. The van der Waals surface area contributed by atoms with E-state index >= 15 is 0 Å². The Morgan fingerprint density at radius 2 is 1.62 bits per heavy atom. The van der Waals surface area contributed by atoms with E-state index in [0.29, 0.717) is 40.2 Å². The van der Waals surface area contributed by atoms with Crippen molar-refractivity contribution in [2.24, 2.45) is 28.7 Å². The number of hydrogen-bond acceptors (Lipinski definition) is 5. The average molecular weight is 693 g/mol. The van der Waals surface area contributed by atoms with Gasteiger partial charge in [-0.15, -0.1) is 0 Å². The van der Waals surface area contributed by atoms with Crippen molar-refractivity contribution in [1.29, 1.82) is 0 Å². The number of halogens is 2. The molecule has 10 heteroatoms. The van der Waals surface area contributed by atoms with Gasteiger partial charge in [0, 0.05) is 34.8 Å². The van der Waals surface area contributed by atoms with Gasteiger partial charge in [-0.25, -0.2) is 8.42 Å². The van der Waals surface area contributed by atoms with Gasteiger partial charge in [0.25, 0.3) is 0 Å². The summed E-state index contributed by atoms with van der Waals surface area (Å²) in [5, 5.41) is 3.44. The smallest absolute Gasteiger partial charge is 0.232 e. The van der Waals surface area contributed by atoms with Crippen LogP contribution in [-0.4, -0.2) is 42.8 Å². The lowest BCUT2D eigenvalue weighted by Gasteiger charge is -2.37. The molecule has 1 N–H and O–H groups in total. The van der Waals surface area contributed by atoms with Crippen molar-refractivity contribution < 1.29 is 18.0 Å². The van der Waals surface area contributed by atoms with E-state index in [9.17, 15) is 18.0 Å². The van der Waals surface area contributed by atoms with E-state index < -0.39 is 33.1 Å². The Balaban J connectivity index is 1.36. The van der Waals surface area contributed by atoms with Crippen molar-refractivity contribution >= 4 is 50.7 Å². The molecule has 2 amide bonds. The molecule has 0 spiro atoms. The number of aryl methyl sites for hydroxylation is 1. The third-order valence-electron chi connectivity index (χ3n) is 10.8. The summed E-state index contributed by atoms with van der Waals surface area (Å²) < 4.78 is 28.6. The van der Waals surface area contributed by atoms with E-state index in [1.807, 2.05) is 72.5 Å². The second-order valence-electron chi connectivity index (χ2n) is 13.6. The minimum absolute atomic E-state index is 0.0284. The molecule has 2 heterocycles. The maximum Gasteiger partial charge on any atom is 0.232 e. The van der Waals surface area contributed by atoms with Gasteiger partial charge in [0.2, 0.25) is 11.8 Å². The van der Waals surface area contributed by atoms with Crippen LogP contribution in [-0.2, 0) is 19.4 Å². The molecule has 246 valence electrons. The lowest BCUT2D eigenvalue weighted by Crippen LogP contribution is -2.48. The molecular formula is C37H39Cl2N3O4S. The number of sulfone groups is 1. The molecule has 3 aromatic rings. The number of rotatable bonds is 6. The first-order chi connectivity index (χ1) is 22.6. The molecule has 3 aromatic carbocycles. The second-order valence-corrected chi connectivity index (χ2v) is 16.6. The van der Waals surface area contributed by atoms with E-state index in [2.05, 4.69) is 5.32 Å². The monoisotopic (exact) mass is 691 g/mol. The molecule has 7 unspecified atom stereocenters. The number of amides is 2. The standard InChI is InChI=1S/C37H39Cl2N3O4S/c1-22-9-15-28(16-10-22)47(45,46)32-21-31(29-7-2-3-8-30(29)32)36-41-34(24-5-4-6-27(39)19-24)35(23-11-13-26(38)14-12-23)42(36)37(44)25-17-18-40-33(43)20-25/h4-6,9-16,19,25,29-32,34-35H,2-3,7-8,17-18,20-21H2,1H3,(H,40,43). The summed E-state index contributed by atoms with van der Waals surface area (Å²) in [7, 11) is -3.64. The van der Waals surface area contributed by atoms with Gasteiger partial charge in [-0.2, -0.15) is 0 Å². The number of hydrogen-bond donors (Lipinski definition) is 1. The van der Waals surface area contributed by atoms with E-state index in [1.165, 1.54) is 0 Å². The lowest BCUT2D eigenvalue weighted by atomic mass is 9.77. The molecule has 7 rings (SSSR count). The van der Waals surface area contributed by atoms with E-state index in [1.54, 1.807) is 12.1 Å². The number of aliphatic imine (C=N–C) groups is 1. The second kappa shape index (κ2) is 13.0. The van der Waals surface area contributed by atoms with Crippen LogP contribution in [0, 0.1) is 30.6 Å². The SMILES string of the molecule is Cc1ccc(S(=O)(=O)C2CC(C3=NC(c4cccc(Cl)c4)C(c4ccc(Cl)cc4)N3C(=O)C3CCNC(=O)C3)C3CCCCC32)cc1. The first kappa shape index (κ1) is 32.4. The summed E-state index contributed by atoms with van der Waals surface area (Å²) in [4.78, 5) is 34.9. The van der Waals surface area contributed by atoms with Crippen LogP contribution in [0.25, 0.3) is 0 Å². The molecule has 1 saturated heterocycles. The molecule has 3 fully saturated rings.